The molecule has 4 nitrogen and oxygen atoms in total. The molecule has 1 aromatic carbocycles. The van der Waals surface area contributed by atoms with Gasteiger partial charge in [-0.05, 0) is 43.4 Å². The number of hydrogen-bond donors (Lipinski definition) is 2. The maximum absolute atomic E-state index is 12.3. The molecular formula is C15H23ClN2O2S. The van der Waals surface area contributed by atoms with Gasteiger partial charge in [0.1, 0.15) is 0 Å². The molecule has 118 valence electrons. The monoisotopic (exact) mass is 330 g/mol. The first kappa shape index (κ1) is 16.7. The zero-order valence-electron chi connectivity index (χ0n) is 12.7. The van der Waals surface area contributed by atoms with E-state index >= 15 is 0 Å². The third kappa shape index (κ3) is 4.68. The summed E-state index contributed by atoms with van der Waals surface area (Å²) in [4.78, 5) is 0.230. The second-order valence-electron chi connectivity index (χ2n) is 6.04. The molecule has 1 fully saturated rings. The van der Waals surface area contributed by atoms with E-state index in [4.69, 9.17) is 11.6 Å². The SMILES string of the molecule is CC(C)NCc1ccc(S(=O)(=O)NC(C)C2CC2)cc1Cl. The Morgan fingerprint density at radius 3 is 2.48 bits per heavy atom. The summed E-state index contributed by atoms with van der Waals surface area (Å²) >= 11 is 6.20. The Morgan fingerprint density at radius 2 is 1.95 bits per heavy atom. The highest BCUT2D eigenvalue weighted by Crippen LogP contribution is 2.33. The van der Waals surface area contributed by atoms with Gasteiger partial charge in [0, 0.05) is 23.7 Å². The molecule has 21 heavy (non-hydrogen) atoms. The molecule has 1 atom stereocenters. The third-order valence-corrected chi connectivity index (χ3v) is 5.61. The van der Waals surface area contributed by atoms with Gasteiger partial charge in [0.15, 0.2) is 0 Å². The summed E-state index contributed by atoms with van der Waals surface area (Å²) in [6, 6.07) is 5.25. The van der Waals surface area contributed by atoms with Crippen molar-refractivity contribution in [1.29, 1.82) is 0 Å². The highest BCUT2D eigenvalue weighted by atomic mass is 35.5. The molecule has 1 unspecified atom stereocenters. The lowest BCUT2D eigenvalue weighted by Crippen LogP contribution is -2.34. The predicted octanol–water partition coefficient (Wildman–Crippen LogP) is 2.91. The van der Waals surface area contributed by atoms with Gasteiger partial charge >= 0.3 is 0 Å². The summed E-state index contributed by atoms with van der Waals surface area (Å²) in [5, 5.41) is 3.74. The van der Waals surface area contributed by atoms with Crippen molar-refractivity contribution >= 4 is 21.6 Å². The highest BCUT2D eigenvalue weighted by Gasteiger charge is 2.31. The summed E-state index contributed by atoms with van der Waals surface area (Å²) in [7, 11) is -3.49. The first-order valence-electron chi connectivity index (χ1n) is 7.33. The number of benzene rings is 1. The fourth-order valence-electron chi connectivity index (χ4n) is 2.16. The van der Waals surface area contributed by atoms with Gasteiger partial charge in [-0.25, -0.2) is 13.1 Å². The minimum absolute atomic E-state index is 0.0175. The average molecular weight is 331 g/mol. The van der Waals surface area contributed by atoms with E-state index in [0.29, 0.717) is 23.5 Å². The molecular weight excluding hydrogens is 308 g/mol. The van der Waals surface area contributed by atoms with Crippen molar-refractivity contribution in [3.05, 3.63) is 28.8 Å². The van der Waals surface area contributed by atoms with Crippen molar-refractivity contribution in [2.75, 3.05) is 0 Å². The van der Waals surface area contributed by atoms with E-state index in [1.807, 2.05) is 6.92 Å². The lowest BCUT2D eigenvalue weighted by molar-refractivity contribution is 0.538. The van der Waals surface area contributed by atoms with Gasteiger partial charge in [0.2, 0.25) is 10.0 Å². The van der Waals surface area contributed by atoms with E-state index in [9.17, 15) is 8.42 Å². The van der Waals surface area contributed by atoms with Crippen molar-refractivity contribution in [2.45, 2.75) is 57.1 Å². The van der Waals surface area contributed by atoms with Crippen LogP contribution < -0.4 is 10.0 Å². The van der Waals surface area contributed by atoms with E-state index in [1.165, 1.54) is 6.07 Å². The van der Waals surface area contributed by atoms with Crippen LogP contribution in [0.2, 0.25) is 5.02 Å². The van der Waals surface area contributed by atoms with Gasteiger partial charge in [0.25, 0.3) is 0 Å². The van der Waals surface area contributed by atoms with Crippen LogP contribution in [-0.4, -0.2) is 20.5 Å². The van der Waals surface area contributed by atoms with E-state index < -0.39 is 10.0 Å². The standard InChI is InChI=1S/C15H23ClN2O2S/c1-10(2)17-9-13-6-7-14(8-15(13)16)21(19,20)18-11(3)12-4-5-12/h6-8,10-12,17-18H,4-5,9H2,1-3H3. The normalized spacial score (nSPS) is 17.2. The Hall–Kier alpha value is -0.620. The maximum atomic E-state index is 12.3. The molecule has 0 aliphatic heterocycles. The van der Waals surface area contributed by atoms with Crippen molar-refractivity contribution in [3.63, 3.8) is 0 Å². The van der Waals surface area contributed by atoms with Crippen LogP contribution in [0, 0.1) is 5.92 Å². The molecule has 0 saturated heterocycles. The van der Waals surface area contributed by atoms with E-state index in [1.54, 1.807) is 12.1 Å². The summed E-state index contributed by atoms with van der Waals surface area (Å²) in [6.45, 7) is 6.65. The predicted molar refractivity (Wildman–Crippen MR) is 85.9 cm³/mol. The molecule has 1 aliphatic rings. The second-order valence-corrected chi connectivity index (χ2v) is 8.16. The molecule has 1 aromatic rings. The van der Waals surface area contributed by atoms with Gasteiger partial charge in [0.05, 0.1) is 4.90 Å². The van der Waals surface area contributed by atoms with Crippen LogP contribution in [0.3, 0.4) is 0 Å². The molecule has 0 heterocycles. The quantitative estimate of drug-likeness (QED) is 0.808. The second kappa shape index (κ2) is 6.65. The van der Waals surface area contributed by atoms with Crippen LogP contribution >= 0.6 is 11.6 Å². The van der Waals surface area contributed by atoms with E-state index in [2.05, 4.69) is 23.9 Å². The fourth-order valence-corrected chi connectivity index (χ4v) is 3.81. The van der Waals surface area contributed by atoms with Crippen LogP contribution in [0.25, 0.3) is 0 Å². The largest absolute Gasteiger partial charge is 0.310 e. The molecule has 0 amide bonds. The Morgan fingerprint density at radius 1 is 1.29 bits per heavy atom. The topological polar surface area (TPSA) is 58.2 Å². The molecule has 6 heteroatoms. The Kier molecular flexibility index (Phi) is 5.30. The third-order valence-electron chi connectivity index (χ3n) is 3.71. The number of hydrogen-bond acceptors (Lipinski definition) is 3. The average Bonchev–Trinajstić information content (AvgIpc) is 3.20. The lowest BCUT2D eigenvalue weighted by atomic mass is 10.2. The maximum Gasteiger partial charge on any atom is 0.240 e. The van der Waals surface area contributed by atoms with Crippen molar-refractivity contribution in [2.24, 2.45) is 5.92 Å². The summed E-state index contributed by atoms with van der Waals surface area (Å²) < 4.78 is 27.4. The van der Waals surface area contributed by atoms with Crippen LogP contribution in [0.15, 0.2) is 23.1 Å². The number of nitrogens with one attached hydrogen (secondary N) is 2. The van der Waals surface area contributed by atoms with Crippen LogP contribution in [0.4, 0.5) is 0 Å². The number of halogens is 1. The van der Waals surface area contributed by atoms with Gasteiger partial charge in [-0.3, -0.25) is 0 Å². The molecule has 0 bridgehead atoms. The zero-order valence-corrected chi connectivity index (χ0v) is 14.3. The van der Waals surface area contributed by atoms with Crippen LogP contribution in [0.1, 0.15) is 39.2 Å². The van der Waals surface area contributed by atoms with Crippen molar-refractivity contribution in [3.8, 4) is 0 Å². The molecule has 0 spiro atoms. The van der Waals surface area contributed by atoms with Crippen molar-refractivity contribution < 1.29 is 8.42 Å². The molecule has 0 radical (unpaired) electrons. The van der Waals surface area contributed by atoms with E-state index in [0.717, 1.165) is 18.4 Å². The lowest BCUT2D eigenvalue weighted by Gasteiger charge is -2.15. The van der Waals surface area contributed by atoms with Gasteiger partial charge in [-0.2, -0.15) is 0 Å². The Labute approximate surface area is 132 Å². The minimum atomic E-state index is -3.49. The van der Waals surface area contributed by atoms with E-state index in [-0.39, 0.29) is 10.9 Å². The zero-order chi connectivity index (χ0) is 15.6. The summed E-state index contributed by atoms with van der Waals surface area (Å²) in [5.41, 5.74) is 0.902. The molecule has 2 N–H and O–H groups in total. The minimum Gasteiger partial charge on any atom is -0.310 e. The number of rotatable bonds is 7. The first-order chi connectivity index (χ1) is 9.79. The fraction of sp³-hybridized carbons (Fsp3) is 0.600. The summed E-state index contributed by atoms with van der Waals surface area (Å²) in [5.74, 6) is 0.477. The van der Waals surface area contributed by atoms with Crippen molar-refractivity contribution in [1.82, 2.24) is 10.0 Å². The van der Waals surface area contributed by atoms with Gasteiger partial charge in [-0.15, -0.1) is 0 Å². The smallest absolute Gasteiger partial charge is 0.240 e. The van der Waals surface area contributed by atoms with Crippen LogP contribution in [0.5, 0.6) is 0 Å². The Bertz CT molecular complexity index is 598. The Balaban J connectivity index is 2.10. The number of sulfonamides is 1. The molecule has 1 saturated carbocycles. The van der Waals surface area contributed by atoms with Crippen LogP contribution in [-0.2, 0) is 16.6 Å². The molecule has 1 aliphatic carbocycles. The highest BCUT2D eigenvalue weighted by molar-refractivity contribution is 7.89. The molecule has 0 aromatic heterocycles. The van der Waals surface area contributed by atoms with Gasteiger partial charge in [-0.1, -0.05) is 31.5 Å². The first-order valence-corrected chi connectivity index (χ1v) is 9.20. The summed E-state index contributed by atoms with van der Waals surface area (Å²) in [6.07, 6.45) is 2.20. The molecule has 2 rings (SSSR count). The van der Waals surface area contributed by atoms with Gasteiger partial charge < -0.3 is 5.32 Å².